The Morgan fingerprint density at radius 2 is 1.83 bits per heavy atom. The highest BCUT2D eigenvalue weighted by Crippen LogP contribution is 2.26. The molecule has 1 atom stereocenters. The Morgan fingerprint density at radius 3 is 2.50 bits per heavy atom. The largest absolute Gasteiger partial charge is 0.441 e. The van der Waals surface area contributed by atoms with E-state index >= 15 is 0 Å². The first-order chi connectivity index (χ1) is 11.3. The molecule has 0 aliphatic carbocycles. The summed E-state index contributed by atoms with van der Waals surface area (Å²) >= 11 is 3.42. The van der Waals surface area contributed by atoms with Crippen molar-refractivity contribution in [2.24, 2.45) is 0 Å². The van der Waals surface area contributed by atoms with E-state index in [0.29, 0.717) is 17.9 Å². The molecule has 126 valence electrons. The summed E-state index contributed by atoms with van der Waals surface area (Å²) in [5, 5.41) is -0.842. The molecule has 5 nitrogen and oxygen atoms in total. The number of nitrogens with zero attached hydrogens (tertiary/aromatic N) is 1. The fourth-order valence-electron chi connectivity index (χ4n) is 2.38. The number of oxazole rings is 1. The molecule has 24 heavy (non-hydrogen) atoms. The molecule has 0 saturated carbocycles. The van der Waals surface area contributed by atoms with Crippen LogP contribution in [0.25, 0.3) is 22.2 Å². The lowest BCUT2D eigenvalue weighted by Gasteiger charge is -2.04. The molecule has 0 aliphatic rings. The third-order valence-electron chi connectivity index (χ3n) is 3.88. The van der Waals surface area contributed by atoms with Gasteiger partial charge in [0.25, 0.3) is 10.1 Å². The molecule has 0 saturated heterocycles. The maximum absolute atomic E-state index is 11.1. The van der Waals surface area contributed by atoms with Gasteiger partial charge in [0.05, 0.1) is 5.25 Å². The predicted octanol–water partition coefficient (Wildman–Crippen LogP) is 4.47. The summed E-state index contributed by atoms with van der Waals surface area (Å²) in [6.45, 7) is 1.46. The minimum Gasteiger partial charge on any atom is -0.441 e. The molecule has 2 aromatic carbocycles. The normalized spacial score (nSPS) is 13.3. The fraction of sp³-hybridized carbons (Fsp3) is 0.235. The van der Waals surface area contributed by atoms with Gasteiger partial charge in [-0.2, -0.15) is 8.42 Å². The van der Waals surface area contributed by atoms with Crippen molar-refractivity contribution in [3.63, 3.8) is 0 Å². The molecule has 0 aliphatic heterocycles. The molecular formula is C17H16BrNO4S. The first-order valence-corrected chi connectivity index (χ1v) is 9.74. The summed E-state index contributed by atoms with van der Waals surface area (Å²) in [5.41, 5.74) is 3.49. The maximum Gasteiger partial charge on any atom is 0.267 e. The number of benzene rings is 2. The molecule has 3 rings (SSSR count). The first-order valence-electron chi connectivity index (χ1n) is 7.44. The number of halogens is 1. The second-order valence-corrected chi connectivity index (χ2v) is 8.41. The molecule has 1 N–H and O–H groups in total. The van der Waals surface area contributed by atoms with Crippen LogP contribution in [0.4, 0.5) is 0 Å². The van der Waals surface area contributed by atoms with Crippen molar-refractivity contribution < 1.29 is 17.4 Å². The van der Waals surface area contributed by atoms with Gasteiger partial charge < -0.3 is 4.42 Å². The molecule has 1 unspecified atom stereocenters. The van der Waals surface area contributed by atoms with Gasteiger partial charge in [-0.05, 0) is 48.7 Å². The van der Waals surface area contributed by atoms with Crippen LogP contribution < -0.4 is 0 Å². The Morgan fingerprint density at radius 1 is 1.17 bits per heavy atom. The summed E-state index contributed by atoms with van der Waals surface area (Å²) in [6, 6.07) is 13.7. The number of aryl methyl sites for hydroxylation is 1. The van der Waals surface area contributed by atoms with Crippen LogP contribution in [0.2, 0.25) is 0 Å². The summed E-state index contributed by atoms with van der Waals surface area (Å²) in [5.74, 6) is 0.466. The lowest BCUT2D eigenvalue weighted by Crippen LogP contribution is -2.17. The van der Waals surface area contributed by atoms with Crippen LogP contribution in [0, 0.1) is 0 Å². The Bertz CT molecular complexity index is 964. The minimum absolute atomic E-state index is 0.255. The smallest absolute Gasteiger partial charge is 0.267 e. The summed E-state index contributed by atoms with van der Waals surface area (Å²) in [7, 11) is -4.02. The Balaban J connectivity index is 1.82. The second-order valence-electron chi connectivity index (χ2n) is 5.66. The molecule has 0 spiro atoms. The maximum atomic E-state index is 11.1. The highest BCUT2D eigenvalue weighted by Gasteiger charge is 2.18. The van der Waals surface area contributed by atoms with E-state index in [1.165, 1.54) is 6.92 Å². The summed E-state index contributed by atoms with van der Waals surface area (Å²) < 4.78 is 37.8. The highest BCUT2D eigenvalue weighted by molar-refractivity contribution is 9.10. The van der Waals surface area contributed by atoms with Crippen molar-refractivity contribution in [1.29, 1.82) is 0 Å². The van der Waals surface area contributed by atoms with Crippen molar-refractivity contribution in [2.75, 3.05) is 0 Å². The minimum atomic E-state index is -4.02. The van der Waals surface area contributed by atoms with Crippen molar-refractivity contribution in [3.05, 3.63) is 52.8 Å². The molecule has 0 radical (unpaired) electrons. The second kappa shape index (κ2) is 6.66. The van der Waals surface area contributed by atoms with E-state index in [9.17, 15) is 8.42 Å². The molecule has 0 bridgehead atoms. The van der Waals surface area contributed by atoms with E-state index in [1.807, 2.05) is 42.5 Å². The zero-order chi connectivity index (χ0) is 17.3. The van der Waals surface area contributed by atoms with Gasteiger partial charge in [-0.1, -0.05) is 34.1 Å². The van der Waals surface area contributed by atoms with Gasteiger partial charge in [0.2, 0.25) is 0 Å². The number of aromatic nitrogens is 1. The first kappa shape index (κ1) is 17.1. The molecule has 7 heteroatoms. The Labute approximate surface area is 148 Å². The van der Waals surface area contributed by atoms with Crippen LogP contribution in [0.1, 0.15) is 19.2 Å². The number of hydrogen-bond donors (Lipinski definition) is 1. The monoisotopic (exact) mass is 409 g/mol. The summed E-state index contributed by atoms with van der Waals surface area (Å²) in [4.78, 5) is 4.42. The van der Waals surface area contributed by atoms with Gasteiger partial charge in [-0.15, -0.1) is 0 Å². The predicted molar refractivity (Wildman–Crippen MR) is 96.5 cm³/mol. The van der Waals surface area contributed by atoms with Crippen LogP contribution in [-0.2, 0) is 16.5 Å². The fourth-order valence-corrected chi connectivity index (χ4v) is 3.06. The van der Waals surface area contributed by atoms with Crippen LogP contribution in [0.5, 0.6) is 0 Å². The zero-order valence-corrected chi connectivity index (χ0v) is 15.3. The molecule has 1 heterocycles. The lowest BCUT2D eigenvalue weighted by atomic mass is 10.1. The van der Waals surface area contributed by atoms with Gasteiger partial charge in [0, 0.05) is 10.9 Å². The molecular weight excluding hydrogens is 394 g/mol. The molecule has 0 amide bonds. The average Bonchev–Trinajstić information content (AvgIpc) is 2.94. The number of rotatable bonds is 5. The van der Waals surface area contributed by atoms with Gasteiger partial charge in [0.15, 0.2) is 11.5 Å². The SMILES string of the molecule is CC(CCc1nc2cc(-c3ccc(Br)cc3)ccc2o1)S(=O)(=O)O. The Hall–Kier alpha value is -1.70. The van der Waals surface area contributed by atoms with E-state index in [1.54, 1.807) is 0 Å². The summed E-state index contributed by atoms with van der Waals surface area (Å²) in [6.07, 6.45) is 0.606. The van der Waals surface area contributed by atoms with E-state index in [0.717, 1.165) is 21.1 Å². The van der Waals surface area contributed by atoms with Crippen molar-refractivity contribution in [3.8, 4) is 11.1 Å². The molecule has 1 aromatic heterocycles. The van der Waals surface area contributed by atoms with E-state index in [4.69, 9.17) is 8.97 Å². The van der Waals surface area contributed by atoms with Crippen LogP contribution in [0.3, 0.4) is 0 Å². The average molecular weight is 410 g/mol. The highest BCUT2D eigenvalue weighted by atomic mass is 79.9. The quantitative estimate of drug-likeness (QED) is 0.628. The van der Waals surface area contributed by atoms with Crippen molar-refractivity contribution in [1.82, 2.24) is 4.98 Å². The van der Waals surface area contributed by atoms with Gasteiger partial charge in [-0.25, -0.2) is 4.98 Å². The van der Waals surface area contributed by atoms with Crippen LogP contribution >= 0.6 is 15.9 Å². The topological polar surface area (TPSA) is 80.4 Å². The van der Waals surface area contributed by atoms with Crippen molar-refractivity contribution >= 4 is 37.1 Å². The van der Waals surface area contributed by atoms with E-state index < -0.39 is 15.4 Å². The standard InChI is InChI=1S/C17H16BrNO4S/c1-11(24(20,21)22)2-9-17-19-15-10-13(5-8-16(15)23-17)12-3-6-14(18)7-4-12/h3-8,10-11H,2,9H2,1H3,(H,20,21,22). The van der Waals surface area contributed by atoms with Crippen molar-refractivity contribution in [2.45, 2.75) is 25.0 Å². The lowest BCUT2D eigenvalue weighted by molar-refractivity contribution is 0.459. The van der Waals surface area contributed by atoms with E-state index in [-0.39, 0.29) is 6.42 Å². The van der Waals surface area contributed by atoms with Gasteiger partial charge in [-0.3, -0.25) is 4.55 Å². The number of fused-ring (bicyclic) bond motifs is 1. The van der Waals surface area contributed by atoms with Gasteiger partial charge in [0.1, 0.15) is 5.52 Å². The van der Waals surface area contributed by atoms with Crippen LogP contribution in [0.15, 0.2) is 51.4 Å². The zero-order valence-electron chi connectivity index (χ0n) is 12.9. The van der Waals surface area contributed by atoms with Gasteiger partial charge >= 0.3 is 0 Å². The van der Waals surface area contributed by atoms with Crippen LogP contribution in [-0.4, -0.2) is 23.2 Å². The Kier molecular flexibility index (Phi) is 4.76. The number of hydrogen-bond acceptors (Lipinski definition) is 4. The molecule has 3 aromatic rings. The third-order valence-corrected chi connectivity index (χ3v) is 5.66. The van der Waals surface area contributed by atoms with E-state index in [2.05, 4.69) is 20.9 Å². The molecule has 0 fully saturated rings. The third kappa shape index (κ3) is 3.85.